The Morgan fingerprint density at radius 1 is 1.35 bits per heavy atom. The minimum absolute atomic E-state index is 0.241. The second-order valence-electron chi connectivity index (χ2n) is 3.96. The van der Waals surface area contributed by atoms with E-state index in [2.05, 4.69) is 10.1 Å². The molecule has 2 heterocycles. The molecule has 3 rings (SSSR count). The predicted octanol–water partition coefficient (Wildman–Crippen LogP) is 2.85. The van der Waals surface area contributed by atoms with E-state index >= 15 is 0 Å². The highest BCUT2D eigenvalue weighted by molar-refractivity contribution is 5.86. The van der Waals surface area contributed by atoms with Crippen LogP contribution in [0.15, 0.2) is 28.8 Å². The molecule has 0 atom stereocenters. The van der Waals surface area contributed by atoms with Crippen molar-refractivity contribution in [3.63, 3.8) is 0 Å². The van der Waals surface area contributed by atoms with Gasteiger partial charge in [-0.15, -0.1) is 0 Å². The van der Waals surface area contributed by atoms with Crippen LogP contribution in [0.2, 0.25) is 0 Å². The van der Waals surface area contributed by atoms with Gasteiger partial charge in [-0.3, -0.25) is 0 Å². The summed E-state index contributed by atoms with van der Waals surface area (Å²) in [6.07, 6.45) is 0. The van der Waals surface area contributed by atoms with Gasteiger partial charge in [0, 0.05) is 22.7 Å². The quantitative estimate of drug-likeness (QED) is 0.676. The molecule has 17 heavy (non-hydrogen) atoms. The molecule has 0 bridgehead atoms. The maximum absolute atomic E-state index is 14.2. The minimum atomic E-state index is -0.331. The van der Waals surface area contributed by atoms with Gasteiger partial charge in [0.15, 0.2) is 11.6 Å². The molecule has 0 fully saturated rings. The van der Waals surface area contributed by atoms with Crippen molar-refractivity contribution in [3.8, 4) is 11.3 Å². The van der Waals surface area contributed by atoms with E-state index in [1.165, 1.54) is 6.07 Å². The molecule has 0 aliphatic carbocycles. The maximum Gasteiger partial charge on any atom is 0.172 e. The third-order valence-electron chi connectivity index (χ3n) is 2.67. The summed E-state index contributed by atoms with van der Waals surface area (Å²) in [6.45, 7) is 1.88. The van der Waals surface area contributed by atoms with E-state index in [-0.39, 0.29) is 11.6 Å². The van der Waals surface area contributed by atoms with Crippen LogP contribution in [0.3, 0.4) is 0 Å². The molecule has 1 aromatic carbocycles. The molecule has 3 aromatic rings. The van der Waals surface area contributed by atoms with Gasteiger partial charge in [-0.25, -0.2) is 4.39 Å². The Labute approximate surface area is 96.2 Å². The first-order chi connectivity index (χ1) is 8.15. The number of nitrogen functional groups attached to an aromatic ring is 1. The number of fused-ring (bicyclic) bond motifs is 1. The summed E-state index contributed by atoms with van der Waals surface area (Å²) in [5.41, 5.74) is 7.48. The highest BCUT2D eigenvalue weighted by atomic mass is 19.1. The zero-order valence-corrected chi connectivity index (χ0v) is 9.12. The SMILES string of the molecule is Cc1cc2c(F)c(-c3cc(N)no3)ccc2[nH]1. The molecule has 0 radical (unpaired) electrons. The number of halogens is 1. The summed E-state index contributed by atoms with van der Waals surface area (Å²) in [4.78, 5) is 3.07. The van der Waals surface area contributed by atoms with E-state index in [1.54, 1.807) is 18.2 Å². The fourth-order valence-electron chi connectivity index (χ4n) is 1.91. The number of rotatable bonds is 1. The van der Waals surface area contributed by atoms with Crippen molar-refractivity contribution < 1.29 is 8.91 Å². The largest absolute Gasteiger partial charge is 0.381 e. The summed E-state index contributed by atoms with van der Waals surface area (Å²) in [7, 11) is 0. The molecule has 0 saturated carbocycles. The zero-order valence-electron chi connectivity index (χ0n) is 9.12. The first kappa shape index (κ1) is 9.89. The standard InChI is InChI=1S/C12H10FN3O/c1-6-4-8-9(15-6)3-2-7(12(8)13)10-5-11(14)16-17-10/h2-5,15H,1H3,(H2,14,16). The Kier molecular flexibility index (Phi) is 1.95. The Morgan fingerprint density at radius 2 is 2.18 bits per heavy atom. The van der Waals surface area contributed by atoms with E-state index in [0.717, 1.165) is 11.2 Å². The van der Waals surface area contributed by atoms with Gasteiger partial charge in [0.25, 0.3) is 0 Å². The Balaban J connectivity index is 2.27. The van der Waals surface area contributed by atoms with Crippen LogP contribution in [0.25, 0.3) is 22.2 Å². The van der Waals surface area contributed by atoms with Crippen LogP contribution in [0.4, 0.5) is 10.2 Å². The van der Waals surface area contributed by atoms with E-state index in [4.69, 9.17) is 10.3 Å². The number of benzene rings is 1. The molecular weight excluding hydrogens is 221 g/mol. The van der Waals surface area contributed by atoms with Gasteiger partial charge in [0.05, 0.1) is 5.56 Å². The Morgan fingerprint density at radius 3 is 2.88 bits per heavy atom. The van der Waals surface area contributed by atoms with Gasteiger partial charge in [0.1, 0.15) is 5.82 Å². The number of anilines is 1. The average molecular weight is 231 g/mol. The Hall–Kier alpha value is -2.30. The minimum Gasteiger partial charge on any atom is -0.381 e. The Bertz CT molecular complexity index is 699. The van der Waals surface area contributed by atoms with E-state index in [9.17, 15) is 4.39 Å². The number of hydrogen-bond acceptors (Lipinski definition) is 3. The van der Waals surface area contributed by atoms with Gasteiger partial charge in [0.2, 0.25) is 0 Å². The topological polar surface area (TPSA) is 67.8 Å². The van der Waals surface area contributed by atoms with Crippen LogP contribution in [-0.4, -0.2) is 10.1 Å². The van der Waals surface area contributed by atoms with Crippen LogP contribution in [0.1, 0.15) is 5.69 Å². The van der Waals surface area contributed by atoms with E-state index in [0.29, 0.717) is 16.7 Å². The summed E-state index contributed by atoms with van der Waals surface area (Å²) >= 11 is 0. The number of nitrogens with two attached hydrogens (primary N) is 1. The number of nitrogens with one attached hydrogen (secondary N) is 1. The molecule has 0 aliphatic rings. The van der Waals surface area contributed by atoms with Gasteiger partial charge in [-0.05, 0) is 25.1 Å². The summed E-state index contributed by atoms with van der Waals surface area (Å²) < 4.78 is 19.2. The fraction of sp³-hybridized carbons (Fsp3) is 0.0833. The molecule has 0 unspecified atom stereocenters. The number of aromatic nitrogens is 2. The average Bonchev–Trinajstić information content (AvgIpc) is 2.85. The first-order valence-electron chi connectivity index (χ1n) is 5.15. The maximum atomic E-state index is 14.2. The van der Waals surface area contributed by atoms with Gasteiger partial charge < -0.3 is 15.2 Å². The van der Waals surface area contributed by atoms with Crippen LogP contribution in [-0.2, 0) is 0 Å². The molecule has 86 valence electrons. The van der Waals surface area contributed by atoms with Crippen LogP contribution >= 0.6 is 0 Å². The van der Waals surface area contributed by atoms with Gasteiger partial charge in [-0.1, -0.05) is 5.16 Å². The molecule has 0 amide bonds. The smallest absolute Gasteiger partial charge is 0.172 e. The first-order valence-corrected chi connectivity index (χ1v) is 5.15. The summed E-state index contributed by atoms with van der Waals surface area (Å²) in [6, 6.07) is 6.71. The lowest BCUT2D eigenvalue weighted by atomic mass is 10.1. The van der Waals surface area contributed by atoms with Crippen molar-refractivity contribution in [2.45, 2.75) is 6.92 Å². The summed E-state index contributed by atoms with van der Waals surface area (Å²) in [5, 5.41) is 4.08. The normalized spacial score (nSPS) is 11.2. The third-order valence-corrected chi connectivity index (χ3v) is 2.67. The second-order valence-corrected chi connectivity index (χ2v) is 3.96. The number of aromatic amines is 1. The molecule has 4 nitrogen and oxygen atoms in total. The van der Waals surface area contributed by atoms with E-state index in [1.807, 2.05) is 6.92 Å². The van der Waals surface area contributed by atoms with Crippen LogP contribution in [0.5, 0.6) is 0 Å². The molecule has 0 spiro atoms. The summed E-state index contributed by atoms with van der Waals surface area (Å²) in [5.74, 6) is 0.244. The number of H-pyrrole nitrogens is 1. The van der Waals surface area contributed by atoms with Crippen LogP contribution < -0.4 is 5.73 Å². The number of nitrogens with zero attached hydrogens (tertiary/aromatic N) is 1. The molecule has 0 saturated heterocycles. The van der Waals surface area contributed by atoms with Gasteiger partial charge >= 0.3 is 0 Å². The highest BCUT2D eigenvalue weighted by Crippen LogP contribution is 2.29. The fourth-order valence-corrected chi connectivity index (χ4v) is 1.91. The predicted molar refractivity (Wildman–Crippen MR) is 62.9 cm³/mol. The molecule has 3 N–H and O–H groups in total. The van der Waals surface area contributed by atoms with Crippen molar-refractivity contribution in [2.24, 2.45) is 0 Å². The monoisotopic (exact) mass is 231 g/mol. The van der Waals surface area contributed by atoms with E-state index < -0.39 is 0 Å². The lowest BCUT2D eigenvalue weighted by Gasteiger charge is -1.99. The number of hydrogen-bond donors (Lipinski definition) is 2. The lowest BCUT2D eigenvalue weighted by Crippen LogP contribution is -1.83. The molecule has 2 aromatic heterocycles. The van der Waals surface area contributed by atoms with Crippen molar-refractivity contribution in [2.75, 3.05) is 5.73 Å². The molecule has 0 aliphatic heterocycles. The van der Waals surface area contributed by atoms with Crippen molar-refractivity contribution in [1.82, 2.24) is 10.1 Å². The number of aryl methyl sites for hydroxylation is 1. The lowest BCUT2D eigenvalue weighted by molar-refractivity contribution is 0.433. The molecule has 5 heteroatoms. The second kappa shape index (κ2) is 3.35. The molecular formula is C12H10FN3O. The van der Waals surface area contributed by atoms with Crippen molar-refractivity contribution >= 4 is 16.7 Å². The van der Waals surface area contributed by atoms with Crippen molar-refractivity contribution in [3.05, 3.63) is 35.8 Å². The van der Waals surface area contributed by atoms with Crippen molar-refractivity contribution in [1.29, 1.82) is 0 Å². The highest BCUT2D eigenvalue weighted by Gasteiger charge is 2.14. The van der Waals surface area contributed by atoms with Gasteiger partial charge in [-0.2, -0.15) is 0 Å². The van der Waals surface area contributed by atoms with Crippen LogP contribution in [0, 0.1) is 12.7 Å². The zero-order chi connectivity index (χ0) is 12.0. The third kappa shape index (κ3) is 1.47.